The number of anilines is 1. The van der Waals surface area contributed by atoms with Gasteiger partial charge in [0.1, 0.15) is 17.3 Å². The molecule has 0 fully saturated rings. The summed E-state index contributed by atoms with van der Waals surface area (Å²) in [5.74, 6) is -1.24. The summed E-state index contributed by atoms with van der Waals surface area (Å²) in [5, 5.41) is 0. The number of hydrogen-bond acceptors (Lipinski definition) is 2. The molecule has 3 aromatic rings. The molecule has 0 saturated heterocycles. The first-order chi connectivity index (χ1) is 8.63. The van der Waals surface area contributed by atoms with Crippen LogP contribution in [0.1, 0.15) is 0 Å². The van der Waals surface area contributed by atoms with Crippen LogP contribution in [-0.2, 0) is 0 Å². The van der Waals surface area contributed by atoms with Crippen molar-refractivity contribution in [1.82, 2.24) is 9.38 Å². The van der Waals surface area contributed by atoms with Gasteiger partial charge in [-0.3, -0.25) is 0 Å². The van der Waals surface area contributed by atoms with E-state index in [9.17, 15) is 8.78 Å². The predicted octanol–water partition coefficient (Wildman–Crippen LogP) is 2.86. The first kappa shape index (κ1) is 10.7. The minimum Gasteiger partial charge on any atom is -0.398 e. The molecule has 3 rings (SSSR count). The molecule has 0 atom stereocenters. The number of nitrogen functional groups attached to an aromatic ring is 1. The van der Waals surface area contributed by atoms with Gasteiger partial charge in [-0.2, -0.15) is 0 Å². The second kappa shape index (κ2) is 3.80. The smallest absolute Gasteiger partial charge is 0.137 e. The van der Waals surface area contributed by atoms with E-state index in [-0.39, 0.29) is 5.56 Å². The van der Waals surface area contributed by atoms with E-state index in [4.69, 9.17) is 5.73 Å². The molecular weight excluding hydrogens is 236 g/mol. The number of nitrogens with two attached hydrogens (primary N) is 1. The molecule has 2 aromatic heterocycles. The number of pyridine rings is 1. The van der Waals surface area contributed by atoms with Gasteiger partial charge in [-0.1, -0.05) is 0 Å². The number of hydrogen-bond donors (Lipinski definition) is 1. The Morgan fingerprint density at radius 3 is 2.67 bits per heavy atom. The maximum absolute atomic E-state index is 13.6. The Kier molecular flexibility index (Phi) is 2.26. The third kappa shape index (κ3) is 1.69. The highest BCUT2D eigenvalue weighted by molar-refractivity contribution is 5.64. The SMILES string of the molecule is Nc1ccc2nc(-c3ccc(F)cc3F)cn2c1. The number of imidazole rings is 1. The largest absolute Gasteiger partial charge is 0.398 e. The molecule has 0 aliphatic rings. The lowest BCUT2D eigenvalue weighted by molar-refractivity contribution is 0.585. The molecule has 90 valence electrons. The van der Waals surface area contributed by atoms with E-state index in [1.165, 1.54) is 12.1 Å². The van der Waals surface area contributed by atoms with Crippen molar-refractivity contribution in [1.29, 1.82) is 0 Å². The first-order valence-electron chi connectivity index (χ1n) is 5.33. The summed E-state index contributed by atoms with van der Waals surface area (Å²) < 4.78 is 28.2. The van der Waals surface area contributed by atoms with E-state index in [2.05, 4.69) is 4.98 Å². The Hall–Kier alpha value is -2.43. The maximum Gasteiger partial charge on any atom is 0.137 e. The first-order valence-corrected chi connectivity index (χ1v) is 5.33. The van der Waals surface area contributed by atoms with Gasteiger partial charge in [-0.15, -0.1) is 0 Å². The third-order valence-electron chi connectivity index (χ3n) is 2.68. The van der Waals surface area contributed by atoms with Crippen LogP contribution in [-0.4, -0.2) is 9.38 Å². The summed E-state index contributed by atoms with van der Waals surface area (Å²) in [5.41, 5.74) is 7.60. The number of benzene rings is 1. The number of aromatic nitrogens is 2. The monoisotopic (exact) mass is 245 g/mol. The summed E-state index contributed by atoms with van der Waals surface area (Å²) >= 11 is 0. The van der Waals surface area contributed by atoms with Crippen LogP contribution in [0.5, 0.6) is 0 Å². The molecule has 0 amide bonds. The summed E-state index contributed by atoms with van der Waals surface area (Å²) in [6, 6.07) is 6.87. The molecule has 0 bridgehead atoms. The van der Waals surface area contributed by atoms with Gasteiger partial charge in [0.05, 0.1) is 5.69 Å². The molecule has 0 saturated carbocycles. The van der Waals surface area contributed by atoms with Crippen LogP contribution in [0.15, 0.2) is 42.7 Å². The second-order valence-corrected chi connectivity index (χ2v) is 3.98. The highest BCUT2D eigenvalue weighted by atomic mass is 19.1. The predicted molar refractivity (Wildman–Crippen MR) is 65.0 cm³/mol. The van der Waals surface area contributed by atoms with Crippen molar-refractivity contribution in [2.24, 2.45) is 0 Å². The van der Waals surface area contributed by atoms with Gasteiger partial charge in [-0.05, 0) is 24.3 Å². The van der Waals surface area contributed by atoms with E-state index >= 15 is 0 Å². The van der Waals surface area contributed by atoms with Crippen molar-refractivity contribution in [2.45, 2.75) is 0 Å². The van der Waals surface area contributed by atoms with Crippen LogP contribution >= 0.6 is 0 Å². The third-order valence-corrected chi connectivity index (χ3v) is 2.68. The quantitative estimate of drug-likeness (QED) is 0.716. The van der Waals surface area contributed by atoms with Crippen molar-refractivity contribution in [3.8, 4) is 11.3 Å². The van der Waals surface area contributed by atoms with Gasteiger partial charge < -0.3 is 10.1 Å². The van der Waals surface area contributed by atoms with Crippen molar-refractivity contribution in [3.05, 3.63) is 54.4 Å². The normalized spacial score (nSPS) is 11.0. The van der Waals surface area contributed by atoms with E-state index in [1.807, 2.05) is 0 Å². The lowest BCUT2D eigenvalue weighted by atomic mass is 10.1. The van der Waals surface area contributed by atoms with E-state index in [0.29, 0.717) is 17.0 Å². The van der Waals surface area contributed by atoms with Crippen molar-refractivity contribution in [2.75, 3.05) is 5.73 Å². The molecule has 1 aromatic carbocycles. The van der Waals surface area contributed by atoms with Crippen molar-refractivity contribution >= 4 is 11.3 Å². The Morgan fingerprint density at radius 1 is 1.06 bits per heavy atom. The molecule has 0 radical (unpaired) electrons. The van der Waals surface area contributed by atoms with E-state index in [0.717, 1.165) is 6.07 Å². The van der Waals surface area contributed by atoms with Gasteiger partial charge in [0.15, 0.2) is 0 Å². The van der Waals surface area contributed by atoms with Gasteiger partial charge in [-0.25, -0.2) is 13.8 Å². The molecule has 0 aliphatic heterocycles. The molecule has 0 spiro atoms. The average molecular weight is 245 g/mol. The summed E-state index contributed by atoms with van der Waals surface area (Å²) in [4.78, 5) is 4.26. The average Bonchev–Trinajstić information content (AvgIpc) is 2.71. The number of rotatable bonds is 1. The van der Waals surface area contributed by atoms with Crippen LogP contribution in [0.4, 0.5) is 14.5 Å². The topological polar surface area (TPSA) is 43.3 Å². The molecule has 18 heavy (non-hydrogen) atoms. The highest BCUT2D eigenvalue weighted by Gasteiger charge is 2.10. The van der Waals surface area contributed by atoms with Gasteiger partial charge in [0.2, 0.25) is 0 Å². The number of fused-ring (bicyclic) bond motifs is 1. The molecule has 5 heteroatoms. The van der Waals surface area contributed by atoms with Crippen molar-refractivity contribution < 1.29 is 8.78 Å². The summed E-state index contributed by atoms with van der Waals surface area (Å²) in [6.45, 7) is 0. The fraction of sp³-hybridized carbons (Fsp3) is 0. The Morgan fingerprint density at radius 2 is 1.89 bits per heavy atom. The minimum atomic E-state index is -0.633. The molecule has 2 heterocycles. The van der Waals surface area contributed by atoms with Crippen LogP contribution in [0, 0.1) is 11.6 Å². The standard InChI is InChI=1S/C13H9F2N3/c14-8-1-3-10(11(15)5-8)12-7-18-6-9(16)2-4-13(18)17-12/h1-7H,16H2. The van der Waals surface area contributed by atoms with Crippen molar-refractivity contribution in [3.63, 3.8) is 0 Å². The molecule has 0 unspecified atom stereocenters. The molecule has 3 nitrogen and oxygen atoms in total. The fourth-order valence-electron chi connectivity index (χ4n) is 1.84. The number of halogens is 2. The molecule has 2 N–H and O–H groups in total. The van der Waals surface area contributed by atoms with Gasteiger partial charge >= 0.3 is 0 Å². The van der Waals surface area contributed by atoms with Crippen LogP contribution in [0.3, 0.4) is 0 Å². The zero-order chi connectivity index (χ0) is 12.7. The van der Waals surface area contributed by atoms with E-state index in [1.54, 1.807) is 28.9 Å². The van der Waals surface area contributed by atoms with Crippen LogP contribution in [0.2, 0.25) is 0 Å². The Labute approximate surface area is 101 Å². The Bertz CT molecular complexity index is 734. The fourth-order valence-corrected chi connectivity index (χ4v) is 1.84. The lowest BCUT2D eigenvalue weighted by Gasteiger charge is -1.98. The van der Waals surface area contributed by atoms with Gasteiger partial charge in [0.25, 0.3) is 0 Å². The Balaban J connectivity index is 2.19. The zero-order valence-corrected chi connectivity index (χ0v) is 9.27. The summed E-state index contributed by atoms with van der Waals surface area (Å²) in [7, 11) is 0. The maximum atomic E-state index is 13.6. The van der Waals surface area contributed by atoms with Crippen LogP contribution in [0.25, 0.3) is 16.9 Å². The zero-order valence-electron chi connectivity index (χ0n) is 9.27. The van der Waals surface area contributed by atoms with Gasteiger partial charge in [0, 0.05) is 29.7 Å². The minimum absolute atomic E-state index is 0.263. The molecular formula is C13H9F2N3. The number of nitrogens with zero attached hydrogens (tertiary/aromatic N) is 2. The molecule has 0 aliphatic carbocycles. The van der Waals surface area contributed by atoms with Crippen LogP contribution < -0.4 is 5.73 Å². The highest BCUT2D eigenvalue weighted by Crippen LogP contribution is 2.23. The second-order valence-electron chi connectivity index (χ2n) is 3.98. The summed E-state index contributed by atoms with van der Waals surface area (Å²) in [6.07, 6.45) is 3.34. The van der Waals surface area contributed by atoms with E-state index < -0.39 is 11.6 Å². The lowest BCUT2D eigenvalue weighted by Crippen LogP contribution is -1.88.